The molecular formula is C4H3N3O3. The van der Waals surface area contributed by atoms with Gasteiger partial charge in [-0.15, -0.1) is 0 Å². The molecule has 6 nitrogen and oxygen atoms in total. The highest BCUT2D eigenvalue weighted by molar-refractivity contribution is 5.17. The summed E-state index contributed by atoms with van der Waals surface area (Å²) >= 11 is 0. The molecule has 0 unspecified atom stereocenters. The molecule has 0 radical (unpaired) electrons. The van der Waals surface area contributed by atoms with Crippen LogP contribution in [0.25, 0.3) is 0 Å². The molecule has 0 fully saturated rings. The van der Waals surface area contributed by atoms with Crippen molar-refractivity contribution in [3.63, 3.8) is 0 Å². The summed E-state index contributed by atoms with van der Waals surface area (Å²) in [4.78, 5) is -0.0500. The molecule has 0 bridgehead atoms. The van der Waals surface area contributed by atoms with Crippen LogP contribution in [0.1, 0.15) is 11.4 Å². The Kier molecular flexibility index (Phi) is 1.51. The van der Waals surface area contributed by atoms with Crippen LogP contribution in [-0.4, -0.2) is 10.3 Å². The van der Waals surface area contributed by atoms with Crippen LogP contribution in [0.15, 0.2) is 4.63 Å². The first-order valence-corrected chi connectivity index (χ1v) is 2.39. The van der Waals surface area contributed by atoms with Gasteiger partial charge in [0.05, 0.1) is 0 Å². The highest BCUT2D eigenvalue weighted by Crippen LogP contribution is 1.96. The number of rotatable bonds is 1. The van der Waals surface area contributed by atoms with Gasteiger partial charge in [0.2, 0.25) is 0 Å². The van der Waals surface area contributed by atoms with Crippen molar-refractivity contribution in [2.75, 3.05) is 0 Å². The van der Waals surface area contributed by atoms with E-state index in [9.17, 15) is 5.21 Å². The Labute approximate surface area is 55.4 Å². The predicted octanol–water partition coefficient (Wildman–Crippen LogP) is -1.33. The molecule has 0 aliphatic rings. The Morgan fingerprint density at radius 3 is 3.00 bits per heavy atom. The maximum atomic E-state index is 10.4. The highest BCUT2D eigenvalue weighted by Gasteiger charge is 2.16. The molecule has 10 heavy (non-hydrogen) atoms. The van der Waals surface area contributed by atoms with Crippen LogP contribution in [-0.2, 0) is 6.61 Å². The maximum Gasteiger partial charge on any atom is 0.300 e. The van der Waals surface area contributed by atoms with E-state index in [1.54, 1.807) is 0 Å². The molecule has 1 heterocycles. The van der Waals surface area contributed by atoms with Crippen LogP contribution in [0.5, 0.6) is 0 Å². The molecule has 52 valence electrons. The van der Waals surface area contributed by atoms with Crippen molar-refractivity contribution in [3.05, 3.63) is 16.6 Å². The zero-order chi connectivity index (χ0) is 7.56. The van der Waals surface area contributed by atoms with Crippen LogP contribution in [0.3, 0.4) is 0 Å². The van der Waals surface area contributed by atoms with E-state index in [0.29, 0.717) is 0 Å². The second-order valence-electron chi connectivity index (χ2n) is 1.50. The second-order valence-corrected chi connectivity index (χ2v) is 1.50. The third kappa shape index (κ3) is 0.784. The van der Waals surface area contributed by atoms with Crippen molar-refractivity contribution in [3.8, 4) is 6.07 Å². The van der Waals surface area contributed by atoms with E-state index in [2.05, 4.69) is 9.79 Å². The van der Waals surface area contributed by atoms with Crippen LogP contribution >= 0.6 is 0 Å². The fourth-order valence-electron chi connectivity index (χ4n) is 0.485. The van der Waals surface area contributed by atoms with E-state index in [-0.39, 0.29) is 16.3 Å². The summed E-state index contributed by atoms with van der Waals surface area (Å²) in [5.41, 5.74) is -0.347. The first-order chi connectivity index (χ1) is 4.79. The molecule has 1 rings (SSSR count). The molecule has 0 aliphatic carbocycles. The molecular weight excluding hydrogens is 138 g/mol. The van der Waals surface area contributed by atoms with Gasteiger partial charge in [-0.05, 0) is 4.90 Å². The summed E-state index contributed by atoms with van der Waals surface area (Å²) in [6.07, 6.45) is 0. The monoisotopic (exact) mass is 141 g/mol. The molecule has 0 aromatic carbocycles. The van der Waals surface area contributed by atoms with Crippen molar-refractivity contribution >= 4 is 0 Å². The average molecular weight is 141 g/mol. The number of hydrogen-bond acceptors (Lipinski definition) is 5. The molecule has 0 amide bonds. The van der Waals surface area contributed by atoms with Crippen molar-refractivity contribution in [2.45, 2.75) is 6.61 Å². The molecule has 0 saturated heterocycles. The zero-order valence-electron chi connectivity index (χ0n) is 4.81. The average Bonchev–Trinajstić information content (AvgIpc) is 2.30. The molecule has 0 atom stereocenters. The summed E-state index contributed by atoms with van der Waals surface area (Å²) in [6, 6.07) is 1.53. The lowest BCUT2D eigenvalue weighted by Crippen LogP contribution is -2.26. The van der Waals surface area contributed by atoms with Crippen molar-refractivity contribution < 1.29 is 14.6 Å². The Morgan fingerprint density at radius 2 is 2.60 bits per heavy atom. The summed E-state index contributed by atoms with van der Waals surface area (Å²) in [5, 5.41) is 30.2. The van der Waals surface area contributed by atoms with Gasteiger partial charge in [0.25, 0.3) is 11.4 Å². The van der Waals surface area contributed by atoms with Crippen LogP contribution in [0.4, 0.5) is 0 Å². The normalized spacial score (nSPS) is 9.20. The van der Waals surface area contributed by atoms with Crippen LogP contribution < -0.4 is 4.90 Å². The number of nitriles is 1. The summed E-state index contributed by atoms with van der Waals surface area (Å²) in [7, 11) is 0. The summed E-state index contributed by atoms with van der Waals surface area (Å²) in [5.74, 6) is 0. The Balaban J connectivity index is 3.17. The topological polar surface area (TPSA) is 97.0 Å². The SMILES string of the molecule is N#Cc1c(CO)no[n+]1[O-]. The lowest BCUT2D eigenvalue weighted by atomic mass is 10.4. The van der Waals surface area contributed by atoms with Gasteiger partial charge in [0.1, 0.15) is 6.61 Å². The minimum Gasteiger partial charge on any atom is -0.387 e. The molecule has 0 saturated carbocycles. The van der Waals surface area contributed by atoms with Gasteiger partial charge < -0.3 is 10.3 Å². The smallest absolute Gasteiger partial charge is 0.300 e. The molecule has 1 aromatic heterocycles. The third-order valence-electron chi connectivity index (χ3n) is 0.937. The zero-order valence-corrected chi connectivity index (χ0v) is 4.81. The van der Waals surface area contributed by atoms with Gasteiger partial charge in [-0.3, -0.25) is 4.63 Å². The first kappa shape index (κ1) is 6.51. The van der Waals surface area contributed by atoms with Crippen LogP contribution in [0, 0.1) is 16.5 Å². The van der Waals surface area contributed by atoms with E-state index < -0.39 is 6.61 Å². The van der Waals surface area contributed by atoms with Crippen molar-refractivity contribution in [2.24, 2.45) is 0 Å². The number of aliphatic hydroxyl groups is 1. The fourth-order valence-corrected chi connectivity index (χ4v) is 0.485. The van der Waals surface area contributed by atoms with Crippen molar-refractivity contribution in [1.29, 1.82) is 5.26 Å². The number of aliphatic hydroxyl groups excluding tert-OH is 1. The van der Waals surface area contributed by atoms with Gasteiger partial charge in [-0.1, -0.05) is 0 Å². The number of aromatic nitrogens is 2. The van der Waals surface area contributed by atoms with E-state index >= 15 is 0 Å². The van der Waals surface area contributed by atoms with Crippen LogP contribution in [0.2, 0.25) is 0 Å². The lowest BCUT2D eigenvalue weighted by molar-refractivity contribution is -0.804. The molecule has 1 N–H and O–H groups in total. The Morgan fingerprint density at radius 1 is 1.90 bits per heavy atom. The van der Waals surface area contributed by atoms with E-state index in [1.807, 2.05) is 0 Å². The third-order valence-corrected chi connectivity index (χ3v) is 0.937. The number of hydrogen-bond donors (Lipinski definition) is 1. The largest absolute Gasteiger partial charge is 0.387 e. The number of nitrogens with zero attached hydrogens (tertiary/aromatic N) is 3. The van der Waals surface area contributed by atoms with E-state index in [4.69, 9.17) is 10.4 Å². The van der Waals surface area contributed by atoms with Gasteiger partial charge in [-0.25, -0.2) is 0 Å². The van der Waals surface area contributed by atoms with E-state index in [0.717, 1.165) is 0 Å². The van der Waals surface area contributed by atoms with Gasteiger partial charge in [-0.2, -0.15) is 5.26 Å². The quantitative estimate of drug-likeness (QED) is 0.489. The second kappa shape index (κ2) is 2.33. The highest BCUT2D eigenvalue weighted by atomic mass is 16.8. The molecule has 6 heteroatoms. The standard InChI is InChI=1S/C4H3N3O3/c5-1-4-3(2-8)6-10-7(4)9/h8H,2H2. The summed E-state index contributed by atoms with van der Waals surface area (Å²) in [6.45, 7) is -0.471. The molecule has 1 aromatic rings. The lowest BCUT2D eigenvalue weighted by Gasteiger charge is -1.81. The van der Waals surface area contributed by atoms with Gasteiger partial charge in [0, 0.05) is 5.16 Å². The molecule has 0 spiro atoms. The minimum absolute atomic E-state index is 0.0440. The molecule has 0 aliphatic heterocycles. The first-order valence-electron chi connectivity index (χ1n) is 2.39. The Hall–Kier alpha value is -1.61. The Bertz CT molecular complexity index is 274. The predicted molar refractivity (Wildman–Crippen MR) is 26.1 cm³/mol. The maximum absolute atomic E-state index is 10.4. The summed E-state index contributed by atoms with van der Waals surface area (Å²) < 4.78 is 4.01. The van der Waals surface area contributed by atoms with Crippen molar-refractivity contribution in [1.82, 2.24) is 5.16 Å². The van der Waals surface area contributed by atoms with Gasteiger partial charge in [0.15, 0.2) is 6.07 Å². The van der Waals surface area contributed by atoms with Gasteiger partial charge >= 0.3 is 0 Å². The van der Waals surface area contributed by atoms with E-state index in [1.165, 1.54) is 6.07 Å². The fraction of sp³-hybridized carbons (Fsp3) is 0.250. The minimum atomic E-state index is -0.471.